The second-order valence-electron chi connectivity index (χ2n) is 4.45. The Labute approximate surface area is 137 Å². The normalized spacial score (nSPS) is 10.3. The van der Waals surface area contributed by atoms with Crippen LogP contribution in [0.25, 0.3) is 10.4 Å². The number of esters is 1. The molecule has 0 saturated carbocycles. The molecule has 0 fully saturated rings. The fraction of sp³-hybridized carbons (Fsp3) is 0.929. The summed E-state index contributed by atoms with van der Waals surface area (Å²) < 4.78 is 20.7. The zero-order valence-corrected chi connectivity index (χ0v) is 13.9. The van der Waals surface area contributed by atoms with Crippen molar-refractivity contribution in [2.75, 3.05) is 65.9 Å². The van der Waals surface area contributed by atoms with Crippen molar-refractivity contribution in [3.63, 3.8) is 0 Å². The molecule has 0 amide bonds. The van der Waals surface area contributed by atoms with E-state index in [1.807, 2.05) is 0 Å². The third kappa shape index (κ3) is 18.6. The van der Waals surface area contributed by atoms with Crippen LogP contribution < -0.4 is 5.32 Å². The molecule has 0 saturated heterocycles. The monoisotopic (exact) mass is 332 g/mol. The first-order valence-corrected chi connectivity index (χ1v) is 7.91. The van der Waals surface area contributed by atoms with Crippen LogP contribution in [-0.2, 0) is 23.7 Å². The van der Waals surface area contributed by atoms with E-state index in [2.05, 4.69) is 15.3 Å². The predicted octanol–water partition coefficient (Wildman–Crippen LogP) is 1.28. The van der Waals surface area contributed by atoms with Gasteiger partial charge in [-0.15, -0.1) is 0 Å². The summed E-state index contributed by atoms with van der Waals surface area (Å²) in [6, 6.07) is 0. The number of ether oxygens (including phenoxy) is 4. The van der Waals surface area contributed by atoms with Gasteiger partial charge in [0.15, 0.2) is 0 Å². The van der Waals surface area contributed by atoms with Crippen molar-refractivity contribution in [1.29, 1.82) is 0 Å². The van der Waals surface area contributed by atoms with E-state index in [0.29, 0.717) is 59.2 Å². The molecule has 23 heavy (non-hydrogen) atoms. The van der Waals surface area contributed by atoms with E-state index in [9.17, 15) is 4.79 Å². The van der Waals surface area contributed by atoms with Crippen LogP contribution in [0.5, 0.6) is 0 Å². The Kier molecular flexibility index (Phi) is 17.5. The van der Waals surface area contributed by atoms with Crippen LogP contribution in [0, 0.1) is 0 Å². The van der Waals surface area contributed by atoms with Gasteiger partial charge in [0, 0.05) is 24.4 Å². The van der Waals surface area contributed by atoms with Gasteiger partial charge in [0.05, 0.1) is 46.2 Å². The number of nitrogens with one attached hydrogen (secondary N) is 1. The lowest BCUT2D eigenvalue weighted by molar-refractivity contribution is -0.143. The molecule has 9 heteroatoms. The first kappa shape index (κ1) is 21.6. The third-order valence-corrected chi connectivity index (χ3v) is 2.61. The van der Waals surface area contributed by atoms with Crippen LogP contribution in [-0.4, -0.2) is 71.9 Å². The summed E-state index contributed by atoms with van der Waals surface area (Å²) in [6.07, 6.45) is 1.21. The molecular weight excluding hydrogens is 304 g/mol. The van der Waals surface area contributed by atoms with Crippen molar-refractivity contribution in [2.45, 2.75) is 19.8 Å². The quantitative estimate of drug-likeness (QED) is 0.141. The molecule has 0 aromatic rings. The van der Waals surface area contributed by atoms with Crippen molar-refractivity contribution in [1.82, 2.24) is 5.32 Å². The molecule has 0 aliphatic heterocycles. The lowest BCUT2D eigenvalue weighted by Crippen LogP contribution is -2.22. The maximum Gasteiger partial charge on any atom is 0.305 e. The predicted molar refractivity (Wildman–Crippen MR) is 85.2 cm³/mol. The summed E-state index contributed by atoms with van der Waals surface area (Å²) in [5.74, 6) is -0.149. The minimum atomic E-state index is -0.149. The number of rotatable bonds is 17. The van der Waals surface area contributed by atoms with E-state index in [1.165, 1.54) is 0 Å². The molecule has 0 heterocycles. The summed E-state index contributed by atoms with van der Waals surface area (Å²) in [4.78, 5) is 13.7. The van der Waals surface area contributed by atoms with Crippen LogP contribution in [0.3, 0.4) is 0 Å². The van der Waals surface area contributed by atoms with E-state index >= 15 is 0 Å². The van der Waals surface area contributed by atoms with Gasteiger partial charge in [0.2, 0.25) is 0 Å². The Hall–Kier alpha value is -1.38. The molecule has 0 bridgehead atoms. The van der Waals surface area contributed by atoms with Crippen LogP contribution in [0.2, 0.25) is 0 Å². The number of nitrogens with zero attached hydrogens (tertiary/aromatic N) is 3. The summed E-state index contributed by atoms with van der Waals surface area (Å²) in [5, 5.41) is 6.54. The highest BCUT2D eigenvalue weighted by molar-refractivity contribution is 5.69. The number of carbonyl (C=O) groups excluding carboxylic acids is 1. The van der Waals surface area contributed by atoms with Crippen molar-refractivity contribution in [3.05, 3.63) is 10.4 Å². The zero-order chi connectivity index (χ0) is 17.0. The van der Waals surface area contributed by atoms with E-state index in [1.54, 1.807) is 6.92 Å². The smallest absolute Gasteiger partial charge is 0.305 e. The van der Waals surface area contributed by atoms with Crippen LogP contribution in [0.1, 0.15) is 19.8 Å². The minimum Gasteiger partial charge on any atom is -0.466 e. The highest BCUT2D eigenvalue weighted by atomic mass is 16.5. The summed E-state index contributed by atoms with van der Waals surface area (Å²) in [7, 11) is 0. The maximum atomic E-state index is 11.1. The first-order valence-electron chi connectivity index (χ1n) is 7.91. The molecule has 0 atom stereocenters. The number of carbonyl (C=O) groups is 1. The van der Waals surface area contributed by atoms with Gasteiger partial charge >= 0.3 is 5.97 Å². The number of azide groups is 1. The summed E-state index contributed by atoms with van der Waals surface area (Å²) >= 11 is 0. The molecular formula is C14H28N4O5. The molecule has 0 unspecified atom stereocenters. The molecule has 0 aromatic heterocycles. The van der Waals surface area contributed by atoms with Gasteiger partial charge in [-0.25, -0.2) is 0 Å². The van der Waals surface area contributed by atoms with E-state index in [4.69, 9.17) is 24.5 Å². The Morgan fingerprint density at radius 3 is 2.35 bits per heavy atom. The Morgan fingerprint density at radius 1 is 1.04 bits per heavy atom. The molecule has 0 rings (SSSR count). The fourth-order valence-corrected chi connectivity index (χ4v) is 1.55. The van der Waals surface area contributed by atoms with E-state index < -0.39 is 0 Å². The van der Waals surface area contributed by atoms with Crippen molar-refractivity contribution in [2.24, 2.45) is 5.11 Å². The lowest BCUT2D eigenvalue weighted by atomic mass is 10.3. The molecule has 9 nitrogen and oxygen atoms in total. The zero-order valence-electron chi connectivity index (χ0n) is 13.9. The van der Waals surface area contributed by atoms with Crippen LogP contribution in [0.4, 0.5) is 0 Å². The van der Waals surface area contributed by atoms with Crippen LogP contribution >= 0.6 is 0 Å². The number of hydrogen-bond acceptors (Lipinski definition) is 7. The summed E-state index contributed by atoms with van der Waals surface area (Å²) in [5.41, 5.74) is 8.05. The van der Waals surface area contributed by atoms with Gasteiger partial charge in [-0.1, -0.05) is 5.11 Å². The minimum absolute atomic E-state index is 0.149. The average molecular weight is 332 g/mol. The van der Waals surface area contributed by atoms with Gasteiger partial charge in [0.25, 0.3) is 0 Å². The Balaban J connectivity index is 3.05. The average Bonchev–Trinajstić information content (AvgIpc) is 2.54. The molecule has 0 spiro atoms. The molecule has 1 N–H and O–H groups in total. The standard InChI is InChI=1S/C14H28N4O5/c1-2-23-14(19)4-3-5-16-6-8-20-10-12-22-13-11-21-9-7-17-18-15/h16H,2-13H2,1H3. The first-order chi connectivity index (χ1) is 11.3. The number of hydrogen-bond donors (Lipinski definition) is 1. The van der Waals surface area contributed by atoms with Gasteiger partial charge in [-0.05, 0) is 25.4 Å². The molecule has 0 aromatic carbocycles. The Bertz CT molecular complexity index is 324. The summed E-state index contributed by atoms with van der Waals surface area (Å²) in [6.45, 7) is 7.11. The van der Waals surface area contributed by atoms with E-state index in [0.717, 1.165) is 19.5 Å². The van der Waals surface area contributed by atoms with Gasteiger partial charge in [0.1, 0.15) is 0 Å². The maximum absolute atomic E-state index is 11.1. The fourth-order valence-electron chi connectivity index (χ4n) is 1.55. The second-order valence-corrected chi connectivity index (χ2v) is 4.45. The van der Waals surface area contributed by atoms with Gasteiger partial charge in [-0.3, -0.25) is 4.79 Å². The third-order valence-electron chi connectivity index (χ3n) is 2.61. The Morgan fingerprint density at radius 2 is 1.70 bits per heavy atom. The van der Waals surface area contributed by atoms with Gasteiger partial charge < -0.3 is 24.3 Å². The molecule has 0 aliphatic carbocycles. The van der Waals surface area contributed by atoms with E-state index in [-0.39, 0.29) is 5.97 Å². The van der Waals surface area contributed by atoms with Crippen molar-refractivity contribution in [3.8, 4) is 0 Å². The van der Waals surface area contributed by atoms with Gasteiger partial charge in [-0.2, -0.15) is 0 Å². The molecule has 134 valence electrons. The highest BCUT2D eigenvalue weighted by Gasteiger charge is 1.99. The van der Waals surface area contributed by atoms with Crippen molar-refractivity contribution >= 4 is 5.97 Å². The lowest BCUT2D eigenvalue weighted by Gasteiger charge is -2.07. The van der Waals surface area contributed by atoms with Crippen LogP contribution in [0.15, 0.2) is 5.11 Å². The van der Waals surface area contributed by atoms with Crippen molar-refractivity contribution < 1.29 is 23.7 Å². The SMILES string of the molecule is CCOC(=O)CCCNCCOCCOCCOCCN=[N+]=[N-]. The topological polar surface area (TPSA) is 115 Å². The second kappa shape index (κ2) is 18.7. The largest absolute Gasteiger partial charge is 0.466 e. The molecule has 0 aliphatic rings. The highest BCUT2D eigenvalue weighted by Crippen LogP contribution is 1.91. The molecule has 0 radical (unpaired) electrons.